The minimum Gasteiger partial charge on any atom is -0.497 e. The molecule has 3 atom stereocenters. The number of ether oxygens (including phenoxy) is 4. The van der Waals surface area contributed by atoms with E-state index in [4.69, 9.17) is 18.9 Å². The number of nitrogens with zero attached hydrogens (tertiary/aromatic N) is 1. The third-order valence-corrected chi connectivity index (χ3v) is 7.42. The Hall–Kier alpha value is -4.59. The van der Waals surface area contributed by atoms with Crippen molar-refractivity contribution in [3.63, 3.8) is 0 Å². The number of allylic oxidation sites excluding steroid dienone is 1. The van der Waals surface area contributed by atoms with Crippen LogP contribution >= 0.6 is 0 Å². The Labute approximate surface area is 239 Å². The van der Waals surface area contributed by atoms with Gasteiger partial charge >= 0.3 is 12.1 Å². The second-order valence-electron chi connectivity index (χ2n) is 10.4. The molecule has 2 amide bonds. The first-order valence-electron chi connectivity index (χ1n) is 13.6. The number of hydrogen-bond acceptors (Lipinski definition) is 7. The third-order valence-electron chi connectivity index (χ3n) is 7.42. The molecule has 2 aliphatic heterocycles. The molecule has 0 N–H and O–H groups in total. The van der Waals surface area contributed by atoms with E-state index in [0.29, 0.717) is 11.3 Å². The maximum absolute atomic E-state index is 14.6. The lowest BCUT2D eigenvalue weighted by Gasteiger charge is -2.31. The van der Waals surface area contributed by atoms with E-state index in [1.165, 1.54) is 0 Å². The molecule has 0 aliphatic carbocycles. The van der Waals surface area contributed by atoms with E-state index in [0.717, 1.165) is 16.0 Å². The van der Waals surface area contributed by atoms with Crippen molar-refractivity contribution in [2.45, 2.75) is 44.9 Å². The van der Waals surface area contributed by atoms with Gasteiger partial charge in [0.25, 0.3) is 0 Å². The summed E-state index contributed by atoms with van der Waals surface area (Å²) in [7, 11) is 1.56. The van der Waals surface area contributed by atoms with Gasteiger partial charge in [0, 0.05) is 5.92 Å². The van der Waals surface area contributed by atoms with Gasteiger partial charge in [-0.3, -0.25) is 4.79 Å². The van der Waals surface area contributed by atoms with E-state index in [9.17, 15) is 14.4 Å². The number of carbonyl (C=O) groups is 3. The van der Waals surface area contributed by atoms with Crippen LogP contribution in [0, 0.1) is 5.92 Å². The molecule has 8 heteroatoms. The molecule has 0 radical (unpaired) electrons. The van der Waals surface area contributed by atoms with Crippen LogP contribution in [0.3, 0.4) is 0 Å². The van der Waals surface area contributed by atoms with Crippen molar-refractivity contribution in [3.05, 3.63) is 113 Å². The van der Waals surface area contributed by atoms with Crippen molar-refractivity contribution < 1.29 is 33.3 Å². The van der Waals surface area contributed by atoms with Crippen molar-refractivity contribution >= 4 is 18.0 Å². The summed E-state index contributed by atoms with van der Waals surface area (Å²) in [6, 6.07) is 25.8. The van der Waals surface area contributed by atoms with E-state index >= 15 is 0 Å². The average Bonchev–Trinajstić information content (AvgIpc) is 3.53. The molecule has 3 aromatic rings. The molecular formula is C33H33NO7. The maximum Gasteiger partial charge on any atom is 0.417 e. The Balaban J connectivity index is 1.58. The van der Waals surface area contributed by atoms with Gasteiger partial charge in [0.2, 0.25) is 5.91 Å². The van der Waals surface area contributed by atoms with Gasteiger partial charge in [0.15, 0.2) is 0 Å². The lowest BCUT2D eigenvalue weighted by Crippen LogP contribution is -2.47. The molecule has 0 saturated carbocycles. The molecule has 0 spiro atoms. The molecule has 0 aromatic heterocycles. The van der Waals surface area contributed by atoms with Gasteiger partial charge in [-0.1, -0.05) is 72.8 Å². The first-order valence-corrected chi connectivity index (χ1v) is 13.6. The fraction of sp³-hybridized carbons (Fsp3) is 0.303. The Morgan fingerprint density at radius 3 is 2.02 bits per heavy atom. The lowest BCUT2D eigenvalue weighted by molar-refractivity contribution is -0.146. The molecule has 1 saturated heterocycles. The maximum atomic E-state index is 14.6. The summed E-state index contributed by atoms with van der Waals surface area (Å²) in [5, 5.41) is 0. The standard InChI is InChI=1S/C33H33NO7/c1-20(2)40-32(36)27-21(3)41-30(24-15-17-25(38-4)18-16-24)29(27)31(35)34-26(19-39-33(34)37)28(22-11-7-5-8-12-22)23-13-9-6-10-14-23/h5-18,20,26,28-30H,19H2,1-4H3/t26-,29-,30+/m1/s1. The van der Waals surface area contributed by atoms with Crippen LogP contribution in [0.4, 0.5) is 4.79 Å². The molecule has 2 heterocycles. The van der Waals surface area contributed by atoms with Gasteiger partial charge in [0.1, 0.15) is 30.1 Å². The minimum absolute atomic E-state index is 0.00821. The zero-order chi connectivity index (χ0) is 29.1. The van der Waals surface area contributed by atoms with Crippen LogP contribution in [0.15, 0.2) is 96.3 Å². The van der Waals surface area contributed by atoms with Crippen LogP contribution in [-0.2, 0) is 23.8 Å². The van der Waals surface area contributed by atoms with E-state index in [1.54, 1.807) is 52.1 Å². The molecule has 5 rings (SSSR count). The van der Waals surface area contributed by atoms with Crippen molar-refractivity contribution in [1.29, 1.82) is 0 Å². The Bertz CT molecular complexity index is 1390. The predicted molar refractivity (Wildman–Crippen MR) is 151 cm³/mol. The zero-order valence-electron chi connectivity index (χ0n) is 23.5. The number of benzene rings is 3. The average molecular weight is 556 g/mol. The molecular weight excluding hydrogens is 522 g/mol. The fourth-order valence-corrected chi connectivity index (χ4v) is 5.59. The molecule has 8 nitrogen and oxygen atoms in total. The summed E-state index contributed by atoms with van der Waals surface area (Å²) in [6.45, 7) is 5.12. The predicted octanol–water partition coefficient (Wildman–Crippen LogP) is 5.79. The van der Waals surface area contributed by atoms with E-state index in [2.05, 4.69) is 0 Å². The highest BCUT2D eigenvalue weighted by Crippen LogP contribution is 2.45. The van der Waals surface area contributed by atoms with E-state index in [1.807, 2.05) is 60.7 Å². The smallest absolute Gasteiger partial charge is 0.417 e. The molecule has 3 aromatic carbocycles. The van der Waals surface area contributed by atoms with Gasteiger partial charge in [-0.2, -0.15) is 0 Å². The summed E-state index contributed by atoms with van der Waals surface area (Å²) in [5.74, 6) is -1.81. The van der Waals surface area contributed by atoms with Crippen LogP contribution in [0.1, 0.15) is 49.5 Å². The first-order chi connectivity index (χ1) is 19.8. The highest BCUT2D eigenvalue weighted by molar-refractivity contribution is 6.03. The molecule has 41 heavy (non-hydrogen) atoms. The molecule has 0 bridgehead atoms. The van der Waals surface area contributed by atoms with E-state index < -0.39 is 42.1 Å². The number of amides is 2. The van der Waals surface area contributed by atoms with Gasteiger partial charge in [-0.25, -0.2) is 14.5 Å². The Morgan fingerprint density at radius 2 is 1.49 bits per heavy atom. The van der Waals surface area contributed by atoms with Crippen LogP contribution in [0.2, 0.25) is 0 Å². The van der Waals surface area contributed by atoms with Crippen molar-refractivity contribution in [3.8, 4) is 5.75 Å². The number of hydrogen-bond donors (Lipinski definition) is 0. The molecule has 2 aliphatic rings. The monoisotopic (exact) mass is 555 g/mol. The number of carbonyl (C=O) groups excluding carboxylic acids is 3. The summed E-state index contributed by atoms with van der Waals surface area (Å²) in [4.78, 5) is 42.4. The van der Waals surface area contributed by atoms with Gasteiger partial charge in [-0.15, -0.1) is 0 Å². The molecule has 1 fully saturated rings. The topological polar surface area (TPSA) is 91.4 Å². The highest BCUT2D eigenvalue weighted by atomic mass is 16.6. The van der Waals surface area contributed by atoms with Crippen LogP contribution in [0.25, 0.3) is 0 Å². The van der Waals surface area contributed by atoms with Crippen LogP contribution < -0.4 is 4.74 Å². The highest BCUT2D eigenvalue weighted by Gasteiger charge is 2.52. The first kappa shape index (κ1) is 28.0. The zero-order valence-corrected chi connectivity index (χ0v) is 23.5. The Morgan fingerprint density at radius 1 is 0.902 bits per heavy atom. The second kappa shape index (κ2) is 11.9. The van der Waals surface area contributed by atoms with Crippen molar-refractivity contribution in [2.24, 2.45) is 5.92 Å². The summed E-state index contributed by atoms with van der Waals surface area (Å²) in [5.41, 5.74) is 2.61. The Kier molecular flexibility index (Phi) is 8.10. The summed E-state index contributed by atoms with van der Waals surface area (Å²) < 4.78 is 22.5. The SMILES string of the molecule is COc1ccc([C@@H]2OC(C)=C(C(=O)OC(C)C)[C@H]2C(=O)N2C(=O)OC[C@@H]2C(c2ccccc2)c2ccccc2)cc1. The van der Waals surface area contributed by atoms with Crippen LogP contribution in [0.5, 0.6) is 5.75 Å². The normalized spacial score (nSPS) is 20.3. The fourth-order valence-electron chi connectivity index (χ4n) is 5.59. The van der Waals surface area contributed by atoms with Gasteiger partial charge in [0.05, 0.1) is 24.8 Å². The number of cyclic esters (lactones) is 1. The number of imide groups is 1. The number of esters is 1. The third kappa shape index (κ3) is 5.55. The number of rotatable bonds is 8. The quantitative estimate of drug-likeness (QED) is 0.325. The largest absolute Gasteiger partial charge is 0.497 e. The second-order valence-corrected chi connectivity index (χ2v) is 10.4. The van der Waals surface area contributed by atoms with Crippen molar-refractivity contribution in [1.82, 2.24) is 4.90 Å². The van der Waals surface area contributed by atoms with Crippen molar-refractivity contribution in [2.75, 3.05) is 13.7 Å². The minimum atomic E-state index is -1.13. The van der Waals surface area contributed by atoms with Gasteiger partial charge in [-0.05, 0) is 49.6 Å². The lowest BCUT2D eigenvalue weighted by atomic mass is 9.83. The summed E-state index contributed by atoms with van der Waals surface area (Å²) >= 11 is 0. The summed E-state index contributed by atoms with van der Waals surface area (Å²) in [6.07, 6.45) is -2.03. The molecule has 212 valence electrons. The van der Waals surface area contributed by atoms with E-state index in [-0.39, 0.29) is 23.9 Å². The van der Waals surface area contributed by atoms with Crippen LogP contribution in [-0.4, -0.2) is 48.7 Å². The molecule has 0 unspecified atom stereocenters. The van der Waals surface area contributed by atoms with Gasteiger partial charge < -0.3 is 18.9 Å². The number of methoxy groups -OCH3 is 1.